The van der Waals surface area contributed by atoms with Crippen LogP contribution in [0.5, 0.6) is 34.5 Å². The van der Waals surface area contributed by atoms with E-state index in [9.17, 15) is 30.6 Å². The lowest BCUT2D eigenvalue weighted by atomic mass is 9.72. The topological polar surface area (TPSA) is 182 Å². The molecule has 0 saturated heterocycles. The Balaban J connectivity index is 0.000000357. The van der Waals surface area contributed by atoms with E-state index in [0.29, 0.717) is 0 Å². The lowest BCUT2D eigenvalue weighted by molar-refractivity contribution is 0.368. The number of phenolic OH excluding ortho intramolecular Hbond substituents is 6. The monoisotopic (exact) mass is 1310 g/mol. The largest absolute Gasteiger partial charge is 0.507 e. The van der Waals surface area contributed by atoms with Crippen molar-refractivity contribution in [2.75, 3.05) is 0 Å². The average molecular weight is 1310 g/mol. The van der Waals surface area contributed by atoms with Gasteiger partial charge in [-0.2, -0.15) is 0 Å². The molecule has 10 heteroatoms. The Morgan fingerprint density at radius 2 is 0.255 bits per heavy atom. The first kappa shape index (κ1) is 82.7. The van der Waals surface area contributed by atoms with Crippen LogP contribution in [0.4, 0.5) is 0 Å². The highest BCUT2D eigenvalue weighted by Crippen LogP contribution is 2.54. The van der Waals surface area contributed by atoms with Crippen molar-refractivity contribution >= 4 is 8.60 Å². The lowest BCUT2D eigenvalue weighted by Crippen LogP contribution is -2.20. The first-order valence-electron chi connectivity index (χ1n) is 33.6. The number of rotatable bonds is 3. The number of hydrogen-bond donors (Lipinski definition) is 9. The molecule has 0 amide bonds. The summed E-state index contributed by atoms with van der Waals surface area (Å²) in [4.78, 5) is 21.7. The molecule has 0 aliphatic heterocycles. The third-order valence-electron chi connectivity index (χ3n) is 17.5. The van der Waals surface area contributed by atoms with Gasteiger partial charge in [0.1, 0.15) is 34.5 Å². The van der Waals surface area contributed by atoms with E-state index >= 15 is 0 Å². The van der Waals surface area contributed by atoms with Crippen LogP contribution in [0.3, 0.4) is 0 Å². The van der Waals surface area contributed by atoms with Crippen molar-refractivity contribution in [3.8, 4) is 67.9 Å². The maximum Gasteiger partial charge on any atom is 0.324 e. The predicted octanol–water partition coefficient (Wildman–Crippen LogP) is 23.1. The van der Waals surface area contributed by atoms with Crippen molar-refractivity contribution in [3.63, 3.8) is 0 Å². The summed E-state index contributed by atoms with van der Waals surface area (Å²) in [6.45, 7) is 77.7. The van der Waals surface area contributed by atoms with Crippen LogP contribution in [0.1, 0.15) is 316 Å². The van der Waals surface area contributed by atoms with Gasteiger partial charge in [-0.25, -0.2) is 0 Å². The summed E-state index contributed by atoms with van der Waals surface area (Å²) in [5.74, 6) is 1.40. The fourth-order valence-electron chi connectivity index (χ4n) is 11.5. The standard InChI is InChI=1S/3C28H42O2.H3O3P/c3*1-25(2,3)17-13-19(27(7,8)9)23(21(29)15-17)24-20(28(10,11)12)14-18(16-22(24)30)26(4,5)6;1-4(2)3/h3*13-16,29-30H,1-12H3;1-3H. The highest BCUT2D eigenvalue weighted by atomic mass is 31.2. The summed E-state index contributed by atoms with van der Waals surface area (Å²) in [6, 6.07) is 24.5. The molecule has 0 aromatic heterocycles. The molecule has 0 radical (unpaired) electrons. The Morgan fingerprint density at radius 3 is 0.319 bits per heavy atom. The van der Waals surface area contributed by atoms with Crippen LogP contribution in [0.25, 0.3) is 33.4 Å². The van der Waals surface area contributed by atoms with Gasteiger partial charge in [0.15, 0.2) is 0 Å². The van der Waals surface area contributed by atoms with Crippen molar-refractivity contribution in [2.45, 2.75) is 314 Å². The van der Waals surface area contributed by atoms with Crippen LogP contribution in [-0.4, -0.2) is 45.3 Å². The molecule has 0 aliphatic carbocycles. The van der Waals surface area contributed by atoms with E-state index in [1.54, 1.807) is 0 Å². The SMILES string of the molecule is CC(C)(C)c1cc(O)c(-c2c(O)cc(C(C)(C)C)cc2C(C)(C)C)c(C(C)(C)C)c1.CC(C)(C)c1cc(O)c(-c2c(O)cc(C(C)(C)C)cc2C(C)(C)C)c(C(C)(C)C)c1.CC(C)(C)c1cc(O)c(-c2c(O)cc(C(C)(C)C)cc2C(C)(C)C)c(C(C)(C)C)c1.OP(O)O. The van der Waals surface area contributed by atoms with E-state index in [4.69, 9.17) is 14.7 Å². The minimum Gasteiger partial charge on any atom is -0.507 e. The van der Waals surface area contributed by atoms with E-state index in [-0.39, 0.29) is 99.5 Å². The third-order valence-corrected chi connectivity index (χ3v) is 17.5. The molecule has 524 valence electrons. The Bertz CT molecular complexity index is 3020. The van der Waals surface area contributed by atoms with E-state index < -0.39 is 8.60 Å². The highest BCUT2D eigenvalue weighted by molar-refractivity contribution is 7.38. The first-order chi connectivity index (χ1) is 41.5. The molecule has 94 heavy (non-hydrogen) atoms. The molecular formula is C84H129O9P. The van der Waals surface area contributed by atoms with Gasteiger partial charge < -0.3 is 45.3 Å². The Morgan fingerprint density at radius 1 is 0.170 bits per heavy atom. The summed E-state index contributed by atoms with van der Waals surface area (Å²) in [5, 5.41) is 67.7. The van der Waals surface area contributed by atoms with Crippen LogP contribution < -0.4 is 0 Å². The average Bonchev–Trinajstić information content (AvgIpc) is 0.756. The van der Waals surface area contributed by atoms with Crippen molar-refractivity contribution < 1.29 is 45.3 Å². The van der Waals surface area contributed by atoms with Gasteiger partial charge in [-0.3, -0.25) is 0 Å². The van der Waals surface area contributed by atoms with Gasteiger partial charge in [-0.15, -0.1) is 0 Å². The molecule has 0 fully saturated rings. The van der Waals surface area contributed by atoms with Gasteiger partial charge in [0.05, 0.1) is 0 Å². The molecule has 0 heterocycles. The molecule has 0 aliphatic rings. The Kier molecular flexibility index (Phi) is 24.4. The van der Waals surface area contributed by atoms with Gasteiger partial charge in [0, 0.05) is 33.4 Å². The maximum atomic E-state index is 11.3. The second-order valence-corrected chi connectivity index (χ2v) is 39.3. The first-order valence-corrected chi connectivity index (χ1v) is 34.8. The summed E-state index contributed by atoms with van der Waals surface area (Å²) in [5.41, 5.74) is 15.7. The molecule has 6 rings (SSSR count). The molecule has 0 bridgehead atoms. The van der Waals surface area contributed by atoms with Crippen molar-refractivity contribution in [3.05, 3.63) is 140 Å². The molecule has 6 aromatic rings. The minimum absolute atomic E-state index is 0.0823. The van der Waals surface area contributed by atoms with Crippen LogP contribution in [0.15, 0.2) is 72.8 Å². The summed E-state index contributed by atoms with van der Waals surface area (Å²) in [7, 11) is -2.62. The number of phenols is 6. The fraction of sp³-hybridized carbons (Fsp3) is 0.571. The van der Waals surface area contributed by atoms with Crippen LogP contribution in [0.2, 0.25) is 0 Å². The summed E-state index contributed by atoms with van der Waals surface area (Å²) >= 11 is 0. The van der Waals surface area contributed by atoms with Crippen LogP contribution in [0, 0.1) is 0 Å². The molecule has 0 unspecified atom stereocenters. The molecule has 0 spiro atoms. The van der Waals surface area contributed by atoms with E-state index in [0.717, 1.165) is 100 Å². The van der Waals surface area contributed by atoms with E-state index in [1.165, 1.54) is 0 Å². The van der Waals surface area contributed by atoms with Crippen molar-refractivity contribution in [1.82, 2.24) is 0 Å². The lowest BCUT2D eigenvalue weighted by Gasteiger charge is -2.32. The molecule has 6 aromatic carbocycles. The molecule has 9 nitrogen and oxygen atoms in total. The molecule has 9 N–H and O–H groups in total. The van der Waals surface area contributed by atoms with Gasteiger partial charge in [0.25, 0.3) is 0 Å². The second-order valence-electron chi connectivity index (χ2n) is 38.8. The van der Waals surface area contributed by atoms with E-state index in [1.807, 2.05) is 36.4 Å². The minimum atomic E-state index is -2.62. The zero-order valence-electron chi connectivity index (χ0n) is 65.4. The summed E-state index contributed by atoms with van der Waals surface area (Å²) in [6.07, 6.45) is 0. The Labute approximate surface area is 572 Å². The number of benzene rings is 6. The number of hydrogen-bond acceptors (Lipinski definition) is 9. The van der Waals surface area contributed by atoms with Crippen LogP contribution in [-0.2, 0) is 65.0 Å². The van der Waals surface area contributed by atoms with Crippen molar-refractivity contribution in [2.24, 2.45) is 0 Å². The predicted molar refractivity (Wildman–Crippen MR) is 404 cm³/mol. The van der Waals surface area contributed by atoms with Gasteiger partial charge >= 0.3 is 8.60 Å². The fourth-order valence-corrected chi connectivity index (χ4v) is 11.5. The molecular weight excluding hydrogens is 1180 g/mol. The quantitative estimate of drug-likeness (QED) is 0.0779. The van der Waals surface area contributed by atoms with Gasteiger partial charge in [-0.05, 0) is 168 Å². The van der Waals surface area contributed by atoms with Crippen LogP contribution >= 0.6 is 8.60 Å². The molecule has 0 saturated carbocycles. The van der Waals surface area contributed by atoms with Crippen molar-refractivity contribution in [1.29, 1.82) is 0 Å². The zero-order chi connectivity index (χ0) is 73.9. The molecule has 0 atom stereocenters. The van der Waals surface area contributed by atoms with Gasteiger partial charge in [0.2, 0.25) is 0 Å². The normalized spacial score (nSPS) is 13.4. The second kappa shape index (κ2) is 27.7. The zero-order valence-corrected chi connectivity index (χ0v) is 66.3. The highest BCUT2D eigenvalue weighted by Gasteiger charge is 2.37. The van der Waals surface area contributed by atoms with E-state index in [2.05, 4.69) is 286 Å². The third kappa shape index (κ3) is 20.7. The smallest absolute Gasteiger partial charge is 0.324 e. The van der Waals surface area contributed by atoms with Gasteiger partial charge in [-0.1, -0.05) is 286 Å². The maximum absolute atomic E-state index is 11.3. The summed E-state index contributed by atoms with van der Waals surface area (Å²) < 4.78 is 0. The Hall–Kier alpha value is -5.57. The number of aromatic hydroxyl groups is 6.